The SMILES string of the molecule is CCOC(=O)c1ccc(-c2ccc(/C=N\N3C(=O)[C@@H]4[C@H](C3=O)[C@H]3C=C[C@H]4C3)o2)cc1. The lowest BCUT2D eigenvalue weighted by Gasteiger charge is -2.13. The number of nitrogens with zero attached hydrogens (tertiary/aromatic N) is 2. The molecule has 2 bridgehead atoms. The van der Waals surface area contributed by atoms with Gasteiger partial charge >= 0.3 is 5.97 Å². The predicted molar refractivity (Wildman–Crippen MR) is 107 cm³/mol. The van der Waals surface area contributed by atoms with E-state index in [9.17, 15) is 14.4 Å². The topological polar surface area (TPSA) is 89.2 Å². The van der Waals surface area contributed by atoms with Crippen LogP contribution in [0.3, 0.4) is 0 Å². The predicted octanol–water partition coefficient (Wildman–Crippen LogP) is 3.26. The number of rotatable bonds is 5. The first-order chi connectivity index (χ1) is 14.6. The van der Waals surface area contributed by atoms with E-state index in [0.717, 1.165) is 17.0 Å². The van der Waals surface area contributed by atoms with E-state index in [1.54, 1.807) is 43.3 Å². The normalized spacial score (nSPS) is 26.8. The summed E-state index contributed by atoms with van der Waals surface area (Å²) in [6.45, 7) is 2.08. The second-order valence-corrected chi connectivity index (χ2v) is 7.73. The molecule has 30 heavy (non-hydrogen) atoms. The molecule has 0 radical (unpaired) electrons. The van der Waals surface area contributed by atoms with Gasteiger partial charge in [0.05, 0.1) is 30.2 Å². The van der Waals surface area contributed by atoms with Gasteiger partial charge < -0.3 is 9.15 Å². The number of furan rings is 1. The van der Waals surface area contributed by atoms with Crippen LogP contribution in [0.15, 0.2) is 58.1 Å². The molecule has 2 fully saturated rings. The third-order valence-corrected chi connectivity index (χ3v) is 6.05. The number of carbonyl (C=O) groups is 3. The van der Waals surface area contributed by atoms with Gasteiger partial charge in [-0.15, -0.1) is 0 Å². The number of ether oxygens (including phenoxy) is 1. The van der Waals surface area contributed by atoms with Crippen LogP contribution < -0.4 is 0 Å². The molecule has 0 N–H and O–H groups in total. The van der Waals surface area contributed by atoms with Gasteiger partial charge in [-0.2, -0.15) is 10.1 Å². The second-order valence-electron chi connectivity index (χ2n) is 7.73. The first kappa shape index (κ1) is 18.5. The van der Waals surface area contributed by atoms with E-state index in [2.05, 4.69) is 17.3 Å². The van der Waals surface area contributed by atoms with E-state index in [4.69, 9.17) is 9.15 Å². The van der Waals surface area contributed by atoms with Crippen molar-refractivity contribution in [3.8, 4) is 11.3 Å². The van der Waals surface area contributed by atoms with Gasteiger partial charge in [0.25, 0.3) is 11.8 Å². The minimum atomic E-state index is -0.371. The number of hydrogen-bond donors (Lipinski definition) is 0. The first-order valence-corrected chi connectivity index (χ1v) is 10.0. The van der Waals surface area contributed by atoms with Gasteiger partial charge in [-0.1, -0.05) is 24.3 Å². The number of carbonyl (C=O) groups excluding carboxylic acids is 3. The van der Waals surface area contributed by atoms with Gasteiger partial charge in [-0.05, 0) is 49.4 Å². The van der Waals surface area contributed by atoms with Crippen molar-refractivity contribution in [3.63, 3.8) is 0 Å². The maximum Gasteiger partial charge on any atom is 0.338 e. The maximum absolute atomic E-state index is 12.7. The number of esters is 1. The van der Waals surface area contributed by atoms with Crippen LogP contribution in [0.2, 0.25) is 0 Å². The lowest BCUT2D eigenvalue weighted by molar-refractivity contribution is -0.140. The number of allylic oxidation sites excluding steroid dienone is 2. The lowest BCUT2D eigenvalue weighted by atomic mass is 9.85. The Bertz CT molecular complexity index is 1050. The van der Waals surface area contributed by atoms with Crippen molar-refractivity contribution in [1.29, 1.82) is 0 Å². The molecule has 1 aromatic heterocycles. The molecule has 1 aromatic carbocycles. The van der Waals surface area contributed by atoms with Gasteiger partial charge in [0.2, 0.25) is 0 Å². The molecular formula is C23H20N2O5. The van der Waals surface area contributed by atoms with Crippen LogP contribution in [0.25, 0.3) is 11.3 Å². The molecule has 0 unspecified atom stereocenters. The highest BCUT2D eigenvalue weighted by Gasteiger charge is 2.59. The summed E-state index contributed by atoms with van der Waals surface area (Å²) in [5.41, 5.74) is 1.25. The average Bonchev–Trinajstić information content (AvgIpc) is 3.52. The smallest absolute Gasteiger partial charge is 0.338 e. The molecule has 5 rings (SSSR count). The summed E-state index contributed by atoms with van der Waals surface area (Å²) < 4.78 is 10.7. The van der Waals surface area contributed by atoms with Crippen LogP contribution in [0, 0.1) is 23.7 Å². The number of amides is 2. The largest absolute Gasteiger partial charge is 0.462 e. The molecule has 4 atom stereocenters. The van der Waals surface area contributed by atoms with E-state index in [1.807, 2.05) is 0 Å². The standard InChI is InChI=1S/C23H20N2O5/c1-2-29-23(28)14-5-3-13(4-6-14)18-10-9-17(30-18)12-24-25-21(26)19-15-7-8-16(11-15)20(19)22(25)27/h3-10,12,15-16,19-20H,2,11H2,1H3/b24-12-/t15-,16-,19-,20+/m0/s1. The molecule has 2 heterocycles. The van der Waals surface area contributed by atoms with Crippen LogP contribution in [-0.4, -0.2) is 35.6 Å². The van der Waals surface area contributed by atoms with Crippen LogP contribution in [0.4, 0.5) is 0 Å². The zero-order chi connectivity index (χ0) is 20.8. The van der Waals surface area contributed by atoms with Crippen LogP contribution in [0.1, 0.15) is 29.5 Å². The fourth-order valence-corrected chi connectivity index (χ4v) is 4.68. The Labute approximate surface area is 173 Å². The molecule has 0 spiro atoms. The molecule has 2 aliphatic carbocycles. The van der Waals surface area contributed by atoms with Crippen molar-refractivity contribution in [2.45, 2.75) is 13.3 Å². The summed E-state index contributed by atoms with van der Waals surface area (Å²) in [4.78, 5) is 37.1. The molecule has 7 nitrogen and oxygen atoms in total. The molecule has 3 aliphatic rings. The Kier molecular flexibility index (Phi) is 4.38. The molecule has 1 saturated heterocycles. The number of hydrogen-bond acceptors (Lipinski definition) is 6. The molecule has 1 saturated carbocycles. The Morgan fingerprint density at radius 3 is 2.40 bits per heavy atom. The van der Waals surface area contributed by atoms with Crippen LogP contribution in [0.5, 0.6) is 0 Å². The average molecular weight is 404 g/mol. The zero-order valence-electron chi connectivity index (χ0n) is 16.4. The summed E-state index contributed by atoms with van der Waals surface area (Å²) >= 11 is 0. The second kappa shape index (κ2) is 7.09. The number of benzene rings is 1. The van der Waals surface area contributed by atoms with Gasteiger partial charge in [0, 0.05) is 5.56 Å². The molecular weight excluding hydrogens is 384 g/mol. The highest BCUT2D eigenvalue weighted by molar-refractivity contribution is 6.06. The lowest BCUT2D eigenvalue weighted by Crippen LogP contribution is -2.28. The summed E-state index contributed by atoms with van der Waals surface area (Å²) in [5.74, 6) is -0.0230. The van der Waals surface area contributed by atoms with E-state index in [1.165, 1.54) is 6.21 Å². The van der Waals surface area contributed by atoms with Gasteiger partial charge in [-0.3, -0.25) is 9.59 Å². The summed E-state index contributed by atoms with van der Waals surface area (Å²) in [6.07, 6.45) is 6.38. The van der Waals surface area contributed by atoms with Crippen molar-refractivity contribution in [1.82, 2.24) is 5.01 Å². The van der Waals surface area contributed by atoms with Gasteiger partial charge in [-0.25, -0.2) is 4.79 Å². The minimum absolute atomic E-state index is 0.157. The number of hydrazone groups is 1. The minimum Gasteiger partial charge on any atom is -0.462 e. The third-order valence-electron chi connectivity index (χ3n) is 6.05. The quantitative estimate of drug-likeness (QED) is 0.330. The van der Waals surface area contributed by atoms with E-state index in [-0.39, 0.29) is 41.5 Å². The summed E-state index contributed by atoms with van der Waals surface area (Å²) in [6, 6.07) is 10.4. The third kappa shape index (κ3) is 2.89. The van der Waals surface area contributed by atoms with E-state index >= 15 is 0 Å². The summed E-state index contributed by atoms with van der Waals surface area (Å²) in [7, 11) is 0. The van der Waals surface area contributed by atoms with E-state index in [0.29, 0.717) is 23.7 Å². The van der Waals surface area contributed by atoms with Crippen LogP contribution in [-0.2, 0) is 14.3 Å². The Balaban J connectivity index is 1.30. The van der Waals surface area contributed by atoms with Crippen LogP contribution >= 0.6 is 0 Å². The van der Waals surface area contributed by atoms with Crippen molar-refractivity contribution < 1.29 is 23.5 Å². The Morgan fingerprint density at radius 2 is 1.77 bits per heavy atom. The fourth-order valence-electron chi connectivity index (χ4n) is 4.68. The molecule has 2 amide bonds. The summed E-state index contributed by atoms with van der Waals surface area (Å²) in [5, 5.41) is 5.12. The number of imide groups is 1. The van der Waals surface area contributed by atoms with Crippen molar-refractivity contribution in [2.75, 3.05) is 6.61 Å². The van der Waals surface area contributed by atoms with Gasteiger partial charge in [0.15, 0.2) is 0 Å². The monoisotopic (exact) mass is 404 g/mol. The first-order valence-electron chi connectivity index (χ1n) is 10.0. The molecule has 152 valence electrons. The highest BCUT2D eigenvalue weighted by atomic mass is 16.5. The highest BCUT2D eigenvalue weighted by Crippen LogP contribution is 2.52. The van der Waals surface area contributed by atoms with Gasteiger partial charge in [0.1, 0.15) is 11.5 Å². The molecule has 1 aliphatic heterocycles. The fraction of sp³-hybridized carbons (Fsp3) is 0.304. The van der Waals surface area contributed by atoms with E-state index < -0.39 is 0 Å². The molecule has 2 aromatic rings. The Morgan fingerprint density at radius 1 is 1.10 bits per heavy atom. The zero-order valence-corrected chi connectivity index (χ0v) is 16.4. The van der Waals surface area contributed by atoms with Crippen molar-refractivity contribution >= 4 is 24.0 Å². The Hall–Kier alpha value is -3.48. The van der Waals surface area contributed by atoms with Crippen molar-refractivity contribution in [3.05, 3.63) is 59.9 Å². The molecule has 7 heteroatoms. The maximum atomic E-state index is 12.7. The number of fused-ring (bicyclic) bond motifs is 5. The van der Waals surface area contributed by atoms with Crippen molar-refractivity contribution in [2.24, 2.45) is 28.8 Å².